The zero-order valence-electron chi connectivity index (χ0n) is 13.5. The molecule has 4 rings (SSSR count). The molecule has 0 aliphatic heterocycles. The van der Waals surface area contributed by atoms with Gasteiger partial charge in [-0.15, -0.1) is 11.3 Å². The van der Waals surface area contributed by atoms with Gasteiger partial charge in [0.1, 0.15) is 0 Å². The Labute approximate surface area is 144 Å². The molecule has 0 fully saturated rings. The molecule has 2 heterocycles. The summed E-state index contributed by atoms with van der Waals surface area (Å²) in [4.78, 5) is 14.1. The summed E-state index contributed by atoms with van der Waals surface area (Å²) in [6.07, 6.45) is 1.01. The Morgan fingerprint density at radius 1 is 1.00 bits per heavy atom. The fraction of sp³-hybridized carbons (Fsp3) is 0.150. The van der Waals surface area contributed by atoms with E-state index in [1.807, 2.05) is 43.4 Å². The van der Waals surface area contributed by atoms with Crippen molar-refractivity contribution in [3.63, 3.8) is 0 Å². The van der Waals surface area contributed by atoms with Crippen LogP contribution in [0.1, 0.15) is 4.88 Å². The average Bonchev–Trinajstić information content (AvgIpc) is 3.13. The second-order valence-corrected chi connectivity index (χ2v) is 6.93. The van der Waals surface area contributed by atoms with Crippen LogP contribution in [0.3, 0.4) is 0 Å². The molecule has 0 spiro atoms. The minimum absolute atomic E-state index is 0.101. The van der Waals surface area contributed by atoms with Gasteiger partial charge >= 0.3 is 0 Å². The van der Waals surface area contributed by atoms with Gasteiger partial charge in [-0.1, -0.05) is 18.2 Å². The van der Waals surface area contributed by atoms with Crippen molar-refractivity contribution in [3.8, 4) is 0 Å². The summed E-state index contributed by atoms with van der Waals surface area (Å²) in [6, 6.07) is 18.0. The summed E-state index contributed by atoms with van der Waals surface area (Å²) in [5, 5.41) is 7.10. The van der Waals surface area contributed by atoms with Gasteiger partial charge in [-0.25, -0.2) is 0 Å². The lowest BCUT2D eigenvalue weighted by atomic mass is 10.1. The number of fused-ring (bicyclic) bond motifs is 2. The lowest BCUT2D eigenvalue weighted by molar-refractivity contribution is 1.000. The van der Waals surface area contributed by atoms with Crippen LogP contribution in [0.15, 0.2) is 64.8 Å². The summed E-state index contributed by atoms with van der Waals surface area (Å²) in [6.45, 7) is 0.882. The normalized spacial score (nSPS) is 11.2. The van der Waals surface area contributed by atoms with Crippen molar-refractivity contribution in [2.45, 2.75) is 6.42 Å². The van der Waals surface area contributed by atoms with Crippen LogP contribution in [0.4, 0.5) is 5.69 Å². The van der Waals surface area contributed by atoms with E-state index in [0.717, 1.165) is 40.5 Å². The highest BCUT2D eigenvalue weighted by atomic mass is 32.1. The first kappa shape index (κ1) is 15.0. The third-order valence-corrected chi connectivity index (χ3v) is 5.33. The summed E-state index contributed by atoms with van der Waals surface area (Å²) in [5.74, 6) is 0. The predicted molar refractivity (Wildman–Crippen MR) is 103 cm³/mol. The summed E-state index contributed by atoms with van der Waals surface area (Å²) < 4.78 is 2.09. The first-order chi connectivity index (χ1) is 11.7. The Bertz CT molecular complexity index is 1060. The minimum Gasteiger partial charge on any atom is -0.385 e. The lowest BCUT2D eigenvalue weighted by Gasteiger charge is -2.12. The van der Waals surface area contributed by atoms with Gasteiger partial charge in [0.2, 0.25) is 0 Å². The van der Waals surface area contributed by atoms with Gasteiger partial charge < -0.3 is 9.88 Å². The molecule has 0 saturated carbocycles. The highest BCUT2D eigenvalue weighted by Gasteiger charge is 2.08. The zero-order chi connectivity index (χ0) is 16.5. The Hall–Kier alpha value is -2.59. The van der Waals surface area contributed by atoms with E-state index in [4.69, 9.17) is 0 Å². The van der Waals surface area contributed by atoms with E-state index < -0.39 is 0 Å². The number of nitrogens with zero attached hydrogens (tertiary/aromatic N) is 1. The standard InChI is InChI=1S/C20H18N2OS/c1-22-18-7-3-2-6-16(18)20(23)17-9-8-14(13-19(17)22)21-11-10-15-5-4-12-24-15/h2-9,12-13,21H,10-11H2,1H3. The molecule has 0 amide bonds. The predicted octanol–water partition coefficient (Wildman–Crippen LogP) is 4.41. The molecule has 4 aromatic rings. The third kappa shape index (κ3) is 2.59. The van der Waals surface area contributed by atoms with E-state index in [-0.39, 0.29) is 5.43 Å². The van der Waals surface area contributed by atoms with Gasteiger partial charge in [0.25, 0.3) is 0 Å². The van der Waals surface area contributed by atoms with Crippen molar-refractivity contribution in [1.82, 2.24) is 4.57 Å². The molecule has 0 unspecified atom stereocenters. The van der Waals surface area contributed by atoms with Crippen LogP contribution in [0.25, 0.3) is 21.8 Å². The van der Waals surface area contributed by atoms with Gasteiger partial charge in [0.15, 0.2) is 5.43 Å². The Balaban J connectivity index is 1.71. The van der Waals surface area contributed by atoms with E-state index >= 15 is 0 Å². The number of thiophene rings is 1. The van der Waals surface area contributed by atoms with Crippen LogP contribution in [0.5, 0.6) is 0 Å². The molecule has 2 aromatic carbocycles. The van der Waals surface area contributed by atoms with Crippen molar-refractivity contribution < 1.29 is 0 Å². The maximum absolute atomic E-state index is 12.7. The zero-order valence-corrected chi connectivity index (χ0v) is 14.3. The number of hydrogen-bond acceptors (Lipinski definition) is 3. The van der Waals surface area contributed by atoms with Crippen molar-refractivity contribution in [3.05, 3.63) is 75.1 Å². The number of hydrogen-bond donors (Lipinski definition) is 1. The Kier molecular flexibility index (Phi) is 3.82. The van der Waals surface area contributed by atoms with Crippen LogP contribution >= 0.6 is 11.3 Å². The molecule has 24 heavy (non-hydrogen) atoms. The number of benzene rings is 2. The first-order valence-corrected chi connectivity index (χ1v) is 8.90. The monoisotopic (exact) mass is 334 g/mol. The molecular weight excluding hydrogens is 316 g/mol. The first-order valence-electron chi connectivity index (χ1n) is 8.02. The smallest absolute Gasteiger partial charge is 0.197 e. The van der Waals surface area contributed by atoms with Crippen LogP contribution < -0.4 is 10.7 Å². The lowest BCUT2D eigenvalue weighted by Crippen LogP contribution is -2.10. The molecule has 0 saturated heterocycles. The van der Waals surface area contributed by atoms with E-state index in [1.54, 1.807) is 11.3 Å². The number of pyridine rings is 1. The summed E-state index contributed by atoms with van der Waals surface area (Å²) in [5.41, 5.74) is 3.07. The van der Waals surface area contributed by atoms with Crippen LogP contribution in [0, 0.1) is 0 Å². The van der Waals surface area contributed by atoms with Crippen molar-refractivity contribution in [1.29, 1.82) is 0 Å². The van der Waals surface area contributed by atoms with Gasteiger partial charge in [-0.3, -0.25) is 4.79 Å². The maximum atomic E-state index is 12.7. The van der Waals surface area contributed by atoms with Crippen molar-refractivity contribution in [2.24, 2.45) is 7.05 Å². The Morgan fingerprint density at radius 3 is 2.67 bits per heavy atom. The third-order valence-electron chi connectivity index (χ3n) is 4.39. The second kappa shape index (κ2) is 6.13. The number of para-hydroxylation sites is 1. The number of rotatable bonds is 4. The number of aryl methyl sites for hydroxylation is 1. The van der Waals surface area contributed by atoms with Crippen molar-refractivity contribution in [2.75, 3.05) is 11.9 Å². The molecule has 0 aliphatic rings. The summed E-state index contributed by atoms with van der Waals surface area (Å²) in [7, 11) is 2.01. The molecule has 120 valence electrons. The van der Waals surface area contributed by atoms with Crippen LogP contribution in [0.2, 0.25) is 0 Å². The van der Waals surface area contributed by atoms with Gasteiger partial charge in [-0.05, 0) is 48.2 Å². The van der Waals surface area contributed by atoms with E-state index in [1.165, 1.54) is 4.88 Å². The Morgan fingerprint density at radius 2 is 1.83 bits per heavy atom. The average molecular weight is 334 g/mol. The van der Waals surface area contributed by atoms with Gasteiger partial charge in [0, 0.05) is 34.9 Å². The topological polar surface area (TPSA) is 34.0 Å². The number of aromatic nitrogens is 1. The largest absolute Gasteiger partial charge is 0.385 e. The molecule has 0 radical (unpaired) electrons. The molecule has 3 nitrogen and oxygen atoms in total. The molecular formula is C20H18N2OS. The van der Waals surface area contributed by atoms with Gasteiger partial charge in [0.05, 0.1) is 11.0 Å². The molecule has 0 bridgehead atoms. The van der Waals surface area contributed by atoms with E-state index in [0.29, 0.717) is 0 Å². The highest BCUT2D eigenvalue weighted by molar-refractivity contribution is 7.09. The maximum Gasteiger partial charge on any atom is 0.197 e. The molecule has 4 heteroatoms. The molecule has 1 N–H and O–H groups in total. The quantitative estimate of drug-likeness (QED) is 0.561. The van der Waals surface area contributed by atoms with Crippen molar-refractivity contribution >= 4 is 38.8 Å². The van der Waals surface area contributed by atoms with Crippen LogP contribution in [-0.2, 0) is 13.5 Å². The van der Waals surface area contributed by atoms with Crippen LogP contribution in [-0.4, -0.2) is 11.1 Å². The minimum atomic E-state index is 0.101. The molecule has 0 aliphatic carbocycles. The van der Waals surface area contributed by atoms with E-state index in [9.17, 15) is 4.79 Å². The van der Waals surface area contributed by atoms with E-state index in [2.05, 4.69) is 33.5 Å². The van der Waals surface area contributed by atoms with Gasteiger partial charge in [-0.2, -0.15) is 0 Å². The number of nitrogens with one attached hydrogen (secondary N) is 1. The molecule has 2 aromatic heterocycles. The number of anilines is 1. The fourth-order valence-corrected chi connectivity index (χ4v) is 3.84. The summed E-state index contributed by atoms with van der Waals surface area (Å²) >= 11 is 1.78. The highest BCUT2D eigenvalue weighted by Crippen LogP contribution is 2.21. The fourth-order valence-electron chi connectivity index (χ4n) is 3.13. The SMILES string of the molecule is Cn1c2ccccc2c(=O)c2ccc(NCCc3cccs3)cc21. The molecule has 0 atom stereocenters. The second-order valence-electron chi connectivity index (χ2n) is 5.89.